The molecule has 1 aromatic heterocycles. The Kier molecular flexibility index (Phi) is 10.9. The molecule has 4 amide bonds. The van der Waals surface area contributed by atoms with Crippen molar-refractivity contribution >= 4 is 50.3 Å². The summed E-state index contributed by atoms with van der Waals surface area (Å²) in [5.41, 5.74) is -0.935. The highest BCUT2D eigenvalue weighted by atomic mass is 32.2. The van der Waals surface area contributed by atoms with E-state index in [0.29, 0.717) is 49.7 Å². The maximum absolute atomic E-state index is 14.7. The van der Waals surface area contributed by atoms with Crippen molar-refractivity contribution in [2.45, 2.75) is 106 Å². The van der Waals surface area contributed by atoms with Crippen molar-refractivity contribution in [3.05, 3.63) is 82.5 Å². The number of anilines is 1. The van der Waals surface area contributed by atoms with Crippen LogP contribution in [0.1, 0.15) is 74.5 Å². The van der Waals surface area contributed by atoms with Gasteiger partial charge in [0, 0.05) is 35.4 Å². The molecule has 0 spiro atoms. The number of nitrogens with one attached hydrogen (secondary N) is 3. The maximum Gasteiger partial charge on any atom is 0.416 e. The van der Waals surface area contributed by atoms with Crippen LogP contribution in [0.15, 0.2) is 60.0 Å². The summed E-state index contributed by atoms with van der Waals surface area (Å²) in [7, 11) is -3.96. The van der Waals surface area contributed by atoms with Gasteiger partial charge in [-0.15, -0.1) is 11.3 Å². The third-order valence-corrected chi connectivity index (χ3v) is 14.2. The van der Waals surface area contributed by atoms with E-state index < -0.39 is 86.3 Å². The van der Waals surface area contributed by atoms with E-state index in [0.717, 1.165) is 29.9 Å². The van der Waals surface area contributed by atoms with E-state index in [9.17, 15) is 45.2 Å². The third-order valence-electron chi connectivity index (χ3n) is 11.6. The van der Waals surface area contributed by atoms with Gasteiger partial charge in [-0.25, -0.2) is 22.6 Å². The maximum atomic E-state index is 14.7. The van der Waals surface area contributed by atoms with Crippen molar-refractivity contribution in [3.63, 3.8) is 0 Å². The molecule has 1 unspecified atom stereocenters. The standard InChI is InChI=1S/C40H42F4N6O7S2/c41-30-12-7-9-24-19-49(21-29(24)30)38(54)57-27-17-33-34(51)47-39(36(53)48-59(55,56)28-14-15-28)18-26(39)10-4-2-1-3-5-13-31(35(52)50(33)20-27)45-37-46-32(22-58-37)23-8-6-11-25(16-23)40(42,43)44/h4,6-12,16,22,26-28,31,33H,1-3,5,13-15,17-21H2,(H,45,46)(H,47,51)(H,48,53)/b10-4-/t26?,27-,31+,33+,39-/m1/s1. The average Bonchev–Trinajstić information content (AvgIpc) is 3.99. The zero-order valence-corrected chi connectivity index (χ0v) is 33.3. The Labute approximate surface area is 341 Å². The van der Waals surface area contributed by atoms with Crippen molar-refractivity contribution < 1.29 is 49.9 Å². The topological polar surface area (TPSA) is 167 Å². The summed E-state index contributed by atoms with van der Waals surface area (Å²) in [6.07, 6.45) is 1.16. The van der Waals surface area contributed by atoms with Gasteiger partial charge in [0.25, 0.3) is 5.91 Å². The first-order chi connectivity index (χ1) is 28.1. The lowest BCUT2D eigenvalue weighted by Gasteiger charge is -2.29. The van der Waals surface area contributed by atoms with Gasteiger partial charge in [-0.1, -0.05) is 49.3 Å². The average molecular weight is 859 g/mol. The molecule has 3 aliphatic heterocycles. The quantitative estimate of drug-likeness (QED) is 0.195. The number of amides is 4. The summed E-state index contributed by atoms with van der Waals surface area (Å²) in [5.74, 6) is -3.10. The molecule has 314 valence electrons. The van der Waals surface area contributed by atoms with Crippen LogP contribution in [-0.4, -0.2) is 82.5 Å². The first-order valence-corrected chi connectivity index (χ1v) is 22.0. The molecule has 3 N–H and O–H groups in total. The molecule has 13 nitrogen and oxygen atoms in total. The minimum atomic E-state index is -4.56. The lowest BCUT2D eigenvalue weighted by Crippen LogP contribution is -2.57. The number of aromatic nitrogens is 1. The number of nitrogens with zero attached hydrogens (tertiary/aromatic N) is 3. The molecule has 19 heteroatoms. The molecule has 0 bridgehead atoms. The summed E-state index contributed by atoms with van der Waals surface area (Å²) in [5, 5.41) is 7.09. The second kappa shape index (κ2) is 15.9. The number of halogens is 4. The highest BCUT2D eigenvalue weighted by molar-refractivity contribution is 7.91. The first-order valence-electron chi connectivity index (χ1n) is 19.6. The number of carbonyl (C=O) groups is 4. The zero-order chi connectivity index (χ0) is 41.7. The van der Waals surface area contributed by atoms with Crippen LogP contribution in [0.3, 0.4) is 0 Å². The number of hydrogen-bond acceptors (Lipinski definition) is 10. The molecule has 5 aliphatic rings. The molecule has 2 aliphatic carbocycles. The van der Waals surface area contributed by atoms with E-state index in [-0.39, 0.29) is 48.9 Å². The van der Waals surface area contributed by atoms with Crippen molar-refractivity contribution in [2.75, 3.05) is 11.9 Å². The number of thiazole rings is 1. The molecule has 0 radical (unpaired) electrons. The van der Waals surface area contributed by atoms with Crippen LogP contribution >= 0.6 is 11.3 Å². The van der Waals surface area contributed by atoms with Gasteiger partial charge in [0.1, 0.15) is 29.5 Å². The molecule has 8 rings (SSSR count). The molecule has 5 atom stereocenters. The molecule has 4 heterocycles. The van der Waals surface area contributed by atoms with Crippen molar-refractivity contribution in [1.29, 1.82) is 0 Å². The summed E-state index contributed by atoms with van der Waals surface area (Å²) >= 11 is 1.10. The fourth-order valence-corrected chi connectivity index (χ4v) is 10.2. The van der Waals surface area contributed by atoms with Crippen molar-refractivity contribution in [2.24, 2.45) is 5.92 Å². The van der Waals surface area contributed by atoms with Crippen LogP contribution in [0.5, 0.6) is 0 Å². The Morgan fingerprint density at radius 2 is 1.83 bits per heavy atom. The Balaban J connectivity index is 1.06. The van der Waals surface area contributed by atoms with Crippen LogP contribution in [0.25, 0.3) is 11.3 Å². The summed E-state index contributed by atoms with van der Waals surface area (Å²) in [6.45, 7) is -0.134. The first kappa shape index (κ1) is 40.7. The molecule has 1 saturated heterocycles. The van der Waals surface area contributed by atoms with Gasteiger partial charge in [-0.3, -0.25) is 24.0 Å². The Hall–Kier alpha value is -5.04. The molecule has 3 aromatic rings. The summed E-state index contributed by atoms with van der Waals surface area (Å²) in [4.78, 5) is 63.3. The van der Waals surface area contributed by atoms with Gasteiger partial charge in [-0.05, 0) is 62.3 Å². The van der Waals surface area contributed by atoms with Crippen molar-refractivity contribution in [1.82, 2.24) is 24.8 Å². The van der Waals surface area contributed by atoms with Crippen LogP contribution in [-0.2, 0) is 48.4 Å². The number of ether oxygens (including phenoxy) is 1. The number of sulfonamides is 1. The Morgan fingerprint density at radius 1 is 1.03 bits per heavy atom. The van der Waals surface area contributed by atoms with Gasteiger partial charge < -0.3 is 20.3 Å². The van der Waals surface area contributed by atoms with E-state index in [1.807, 2.05) is 6.08 Å². The molecular weight excluding hydrogens is 817 g/mol. The van der Waals surface area contributed by atoms with E-state index in [2.05, 4.69) is 20.3 Å². The monoisotopic (exact) mass is 858 g/mol. The highest BCUT2D eigenvalue weighted by Crippen LogP contribution is 2.46. The number of rotatable bonds is 7. The minimum Gasteiger partial charge on any atom is -0.444 e. The normalized spacial score (nSPS) is 26.7. The highest BCUT2D eigenvalue weighted by Gasteiger charge is 2.62. The van der Waals surface area contributed by atoms with Gasteiger partial charge in [0.2, 0.25) is 21.8 Å². The number of fused-ring (bicyclic) bond motifs is 3. The second-order valence-corrected chi connectivity index (χ2v) is 18.6. The van der Waals surface area contributed by atoms with Crippen LogP contribution in [0.2, 0.25) is 0 Å². The largest absolute Gasteiger partial charge is 0.444 e. The third kappa shape index (κ3) is 8.67. The van der Waals surface area contributed by atoms with Crippen molar-refractivity contribution in [3.8, 4) is 11.3 Å². The zero-order valence-electron chi connectivity index (χ0n) is 31.7. The predicted octanol–water partition coefficient (Wildman–Crippen LogP) is 5.87. The predicted molar refractivity (Wildman–Crippen MR) is 207 cm³/mol. The molecule has 2 aromatic carbocycles. The van der Waals surface area contributed by atoms with Gasteiger partial charge in [-0.2, -0.15) is 13.2 Å². The van der Waals surface area contributed by atoms with E-state index in [1.165, 1.54) is 28.0 Å². The molecule has 3 fully saturated rings. The SMILES string of the molecule is O=C1N[C@]2(C(=O)NS(=O)(=O)C3CC3)CC2/C=C\CCCCC[C@H](Nc2nc(-c3cccc(C(F)(F)F)c3)cs2)C(=O)N2C[C@H](OC(=O)N3Cc4cccc(F)c4C3)C[C@@H]12. The van der Waals surface area contributed by atoms with Crippen LogP contribution < -0.4 is 15.4 Å². The molecule has 59 heavy (non-hydrogen) atoms. The number of allylic oxidation sites excluding steroid dienone is 1. The minimum absolute atomic E-state index is 0.0291. The van der Waals surface area contributed by atoms with Crippen LogP contribution in [0.4, 0.5) is 27.5 Å². The second-order valence-electron chi connectivity index (χ2n) is 15.8. The Bertz CT molecular complexity index is 2300. The van der Waals surface area contributed by atoms with Gasteiger partial charge in [0.05, 0.1) is 29.6 Å². The summed E-state index contributed by atoms with van der Waals surface area (Å²) < 4.78 is 88.6. The fourth-order valence-electron chi connectivity index (χ4n) is 8.05. The number of benzene rings is 2. The lowest BCUT2D eigenvalue weighted by molar-refractivity contribution is -0.140. The smallest absolute Gasteiger partial charge is 0.416 e. The van der Waals surface area contributed by atoms with Gasteiger partial charge >= 0.3 is 12.3 Å². The molecular formula is C40H42F4N6O7S2. The lowest BCUT2D eigenvalue weighted by atomic mass is 10.1. The summed E-state index contributed by atoms with van der Waals surface area (Å²) in [6, 6.07) is 7.09. The van der Waals surface area contributed by atoms with Gasteiger partial charge in [0.15, 0.2) is 5.13 Å². The van der Waals surface area contributed by atoms with E-state index in [4.69, 9.17) is 4.74 Å². The van der Waals surface area contributed by atoms with E-state index in [1.54, 1.807) is 23.6 Å². The number of alkyl halides is 3. The van der Waals surface area contributed by atoms with Crippen LogP contribution in [0, 0.1) is 11.7 Å². The van der Waals surface area contributed by atoms with E-state index >= 15 is 0 Å². The number of hydrogen-bond donors (Lipinski definition) is 3. The Morgan fingerprint density at radius 3 is 2.59 bits per heavy atom. The fraction of sp³-hybridized carbons (Fsp3) is 0.475. The molecule has 2 saturated carbocycles. The number of carbonyl (C=O) groups excluding carboxylic acids is 4.